The summed E-state index contributed by atoms with van der Waals surface area (Å²) in [7, 11) is 0. The summed E-state index contributed by atoms with van der Waals surface area (Å²) < 4.78 is 13.3. The van der Waals surface area contributed by atoms with Crippen LogP contribution in [0.25, 0.3) is 33.7 Å². The minimum absolute atomic E-state index is 0.575. The fourth-order valence-electron chi connectivity index (χ4n) is 4.10. The van der Waals surface area contributed by atoms with Gasteiger partial charge in [-0.3, -0.25) is 0 Å². The summed E-state index contributed by atoms with van der Waals surface area (Å²) in [6.07, 6.45) is 9.65. The summed E-state index contributed by atoms with van der Waals surface area (Å²) >= 11 is 6.53. The van der Waals surface area contributed by atoms with Crippen LogP contribution in [0.5, 0.6) is 5.75 Å². The Labute approximate surface area is 212 Å². The maximum Gasteiger partial charge on any atom is 0.178 e. The molecule has 0 radical (unpaired) electrons. The molecule has 4 heterocycles. The SMILES string of the molecule is Clc1ccc(Cc2ccco2)cc1-c1nc2ncc(-c3ccc(OCCn4ccnc4)cc3)cc2[nH]1. The number of rotatable bonds is 8. The molecule has 6 rings (SSSR count). The van der Waals surface area contributed by atoms with Gasteiger partial charge in [0.2, 0.25) is 0 Å². The highest BCUT2D eigenvalue weighted by Gasteiger charge is 2.13. The van der Waals surface area contributed by atoms with Gasteiger partial charge in [0.05, 0.1) is 29.7 Å². The van der Waals surface area contributed by atoms with Crippen molar-refractivity contribution in [1.82, 2.24) is 24.5 Å². The summed E-state index contributed by atoms with van der Waals surface area (Å²) in [5, 5.41) is 0.626. The van der Waals surface area contributed by atoms with Gasteiger partial charge in [-0.05, 0) is 53.6 Å². The molecular weight excluding hydrogens is 474 g/mol. The van der Waals surface area contributed by atoms with Crippen molar-refractivity contribution in [2.45, 2.75) is 13.0 Å². The lowest BCUT2D eigenvalue weighted by Gasteiger charge is -2.08. The number of fused-ring (bicyclic) bond motifs is 1. The van der Waals surface area contributed by atoms with E-state index in [1.165, 1.54) is 0 Å². The van der Waals surface area contributed by atoms with E-state index in [2.05, 4.69) is 19.9 Å². The van der Waals surface area contributed by atoms with Gasteiger partial charge < -0.3 is 18.7 Å². The summed E-state index contributed by atoms with van der Waals surface area (Å²) in [5.74, 6) is 2.40. The zero-order valence-corrected chi connectivity index (χ0v) is 20.0. The van der Waals surface area contributed by atoms with E-state index >= 15 is 0 Å². The van der Waals surface area contributed by atoms with Crippen LogP contribution in [0.4, 0.5) is 0 Å². The van der Waals surface area contributed by atoms with Crippen LogP contribution in [0, 0.1) is 0 Å². The number of benzene rings is 2. The standard InChI is InChI=1S/C28H22ClN5O2/c29-25-8-3-19(14-23-2-1-12-35-23)15-24(25)27-32-26-16-21(17-31-28(26)33-27)20-4-6-22(7-5-20)36-13-11-34-10-9-30-18-34/h1-10,12,15-18H,11,13-14H2,(H,31,32,33). The molecule has 0 saturated heterocycles. The van der Waals surface area contributed by atoms with E-state index < -0.39 is 0 Å². The molecule has 1 N–H and O–H groups in total. The molecule has 0 aliphatic rings. The highest BCUT2D eigenvalue weighted by Crippen LogP contribution is 2.30. The Kier molecular flexibility index (Phi) is 5.97. The molecule has 4 aromatic heterocycles. The third-order valence-corrected chi connectivity index (χ3v) is 6.28. The molecule has 178 valence electrons. The quantitative estimate of drug-likeness (QED) is 0.264. The second kappa shape index (κ2) is 9.71. The van der Waals surface area contributed by atoms with E-state index in [4.69, 9.17) is 20.8 Å². The number of hydrogen-bond donors (Lipinski definition) is 1. The summed E-state index contributed by atoms with van der Waals surface area (Å²) in [5.41, 5.74) is 5.43. The summed E-state index contributed by atoms with van der Waals surface area (Å²) in [6, 6.07) is 19.8. The summed E-state index contributed by atoms with van der Waals surface area (Å²) in [6.45, 7) is 1.33. The van der Waals surface area contributed by atoms with Crippen LogP contribution in [-0.2, 0) is 13.0 Å². The molecule has 0 saturated carbocycles. The maximum absolute atomic E-state index is 6.53. The molecule has 36 heavy (non-hydrogen) atoms. The first-order chi connectivity index (χ1) is 17.7. The molecule has 0 aliphatic carbocycles. The lowest BCUT2D eigenvalue weighted by molar-refractivity contribution is 0.298. The Morgan fingerprint density at radius 3 is 2.75 bits per heavy atom. The number of aromatic amines is 1. The van der Waals surface area contributed by atoms with Crippen LogP contribution >= 0.6 is 11.6 Å². The highest BCUT2D eigenvalue weighted by atomic mass is 35.5. The Morgan fingerprint density at radius 2 is 1.94 bits per heavy atom. The number of ether oxygens (including phenoxy) is 1. The van der Waals surface area contributed by atoms with Crippen molar-refractivity contribution in [2.75, 3.05) is 6.61 Å². The predicted molar refractivity (Wildman–Crippen MR) is 139 cm³/mol. The zero-order chi connectivity index (χ0) is 24.3. The number of pyridine rings is 1. The number of furan rings is 1. The van der Waals surface area contributed by atoms with Crippen LogP contribution in [0.2, 0.25) is 5.02 Å². The van der Waals surface area contributed by atoms with Crippen molar-refractivity contribution in [1.29, 1.82) is 0 Å². The van der Waals surface area contributed by atoms with Crippen LogP contribution < -0.4 is 4.74 Å². The highest BCUT2D eigenvalue weighted by molar-refractivity contribution is 6.33. The molecular formula is C28H22ClN5O2. The first-order valence-corrected chi connectivity index (χ1v) is 11.9. The molecule has 0 aliphatic heterocycles. The molecule has 0 amide bonds. The predicted octanol–water partition coefficient (Wildman–Crippen LogP) is 6.40. The topological polar surface area (TPSA) is 81.8 Å². The molecule has 8 heteroatoms. The molecule has 2 aromatic carbocycles. The Morgan fingerprint density at radius 1 is 1.03 bits per heavy atom. The van der Waals surface area contributed by atoms with E-state index in [-0.39, 0.29) is 0 Å². The van der Waals surface area contributed by atoms with Crippen LogP contribution in [0.15, 0.2) is 96.3 Å². The number of imidazole rings is 2. The minimum Gasteiger partial charge on any atom is -0.492 e. The molecule has 7 nitrogen and oxygen atoms in total. The number of nitrogens with one attached hydrogen (secondary N) is 1. The van der Waals surface area contributed by atoms with Crippen molar-refractivity contribution in [3.8, 4) is 28.3 Å². The van der Waals surface area contributed by atoms with Gasteiger partial charge in [-0.2, -0.15) is 0 Å². The van der Waals surface area contributed by atoms with Crippen molar-refractivity contribution in [3.63, 3.8) is 0 Å². The van der Waals surface area contributed by atoms with Gasteiger partial charge in [-0.15, -0.1) is 0 Å². The van der Waals surface area contributed by atoms with Crippen molar-refractivity contribution < 1.29 is 9.15 Å². The average Bonchev–Trinajstić information content (AvgIpc) is 3.68. The normalized spacial score (nSPS) is 11.2. The van der Waals surface area contributed by atoms with E-state index in [1.54, 1.807) is 18.8 Å². The fraction of sp³-hybridized carbons (Fsp3) is 0.107. The smallest absolute Gasteiger partial charge is 0.178 e. The lowest BCUT2D eigenvalue weighted by atomic mass is 10.1. The zero-order valence-electron chi connectivity index (χ0n) is 19.3. The van der Waals surface area contributed by atoms with Gasteiger partial charge in [0.1, 0.15) is 23.9 Å². The molecule has 6 aromatic rings. The largest absolute Gasteiger partial charge is 0.492 e. The van der Waals surface area contributed by atoms with Crippen molar-refractivity contribution in [3.05, 3.63) is 108 Å². The van der Waals surface area contributed by atoms with Crippen molar-refractivity contribution >= 4 is 22.8 Å². The van der Waals surface area contributed by atoms with Gasteiger partial charge in [-0.1, -0.05) is 29.8 Å². The van der Waals surface area contributed by atoms with Crippen molar-refractivity contribution in [2.24, 2.45) is 0 Å². The number of hydrogen-bond acceptors (Lipinski definition) is 5. The van der Waals surface area contributed by atoms with Gasteiger partial charge in [0, 0.05) is 36.1 Å². The summed E-state index contributed by atoms with van der Waals surface area (Å²) in [4.78, 5) is 16.7. The Hall–Kier alpha value is -4.36. The molecule has 0 atom stereocenters. The number of halogens is 1. The van der Waals surface area contributed by atoms with E-state index in [0.717, 1.165) is 45.8 Å². The fourth-order valence-corrected chi connectivity index (χ4v) is 4.30. The third-order valence-electron chi connectivity index (χ3n) is 5.95. The molecule has 0 unspecified atom stereocenters. The lowest BCUT2D eigenvalue weighted by Crippen LogP contribution is -2.06. The molecule has 0 bridgehead atoms. The van der Waals surface area contributed by atoms with Crippen LogP contribution in [0.3, 0.4) is 0 Å². The first kappa shape index (κ1) is 22.1. The Balaban J connectivity index is 1.20. The number of H-pyrrole nitrogens is 1. The van der Waals surface area contributed by atoms with Gasteiger partial charge in [-0.25, -0.2) is 15.0 Å². The minimum atomic E-state index is 0.575. The Bertz CT molecular complexity index is 1590. The van der Waals surface area contributed by atoms with Gasteiger partial charge in [0.25, 0.3) is 0 Å². The number of nitrogens with zero attached hydrogens (tertiary/aromatic N) is 4. The second-order valence-corrected chi connectivity index (χ2v) is 8.83. The maximum atomic E-state index is 6.53. The van der Waals surface area contributed by atoms with Gasteiger partial charge in [0.15, 0.2) is 5.65 Å². The molecule has 0 fully saturated rings. The van der Waals surface area contributed by atoms with E-state index in [9.17, 15) is 0 Å². The van der Waals surface area contributed by atoms with Crippen LogP contribution in [-0.4, -0.2) is 31.1 Å². The second-order valence-electron chi connectivity index (χ2n) is 8.42. The third kappa shape index (κ3) is 4.74. The van der Waals surface area contributed by atoms with Gasteiger partial charge >= 0.3 is 0 Å². The van der Waals surface area contributed by atoms with E-state index in [0.29, 0.717) is 29.5 Å². The number of aromatic nitrogens is 5. The monoisotopic (exact) mass is 495 g/mol. The average molecular weight is 496 g/mol. The first-order valence-electron chi connectivity index (χ1n) is 11.6. The molecule has 0 spiro atoms. The van der Waals surface area contributed by atoms with E-state index in [1.807, 2.05) is 77.6 Å². The van der Waals surface area contributed by atoms with Crippen LogP contribution in [0.1, 0.15) is 11.3 Å².